The van der Waals surface area contributed by atoms with Crippen molar-refractivity contribution in [3.05, 3.63) is 52.8 Å². The lowest BCUT2D eigenvalue weighted by Crippen LogP contribution is -2.12. The van der Waals surface area contributed by atoms with Crippen LogP contribution in [-0.2, 0) is 0 Å². The molecule has 1 amide bonds. The van der Waals surface area contributed by atoms with Gasteiger partial charge in [-0.3, -0.25) is 9.78 Å². The summed E-state index contributed by atoms with van der Waals surface area (Å²) in [6.45, 7) is 1.85. The number of benzene rings is 1. The summed E-state index contributed by atoms with van der Waals surface area (Å²) in [4.78, 5) is 15.7. The Hall–Kier alpha value is -2.07. The average Bonchev–Trinajstić information content (AvgIpc) is 2.32. The van der Waals surface area contributed by atoms with Gasteiger partial charge in [-0.25, -0.2) is 0 Å². The van der Waals surface area contributed by atoms with Crippen LogP contribution in [0.1, 0.15) is 15.9 Å². The van der Waals surface area contributed by atoms with E-state index in [-0.39, 0.29) is 11.7 Å². The predicted octanol–water partition coefficient (Wildman–Crippen LogP) is 3.00. The van der Waals surface area contributed by atoms with Gasteiger partial charge in [-0.2, -0.15) is 0 Å². The van der Waals surface area contributed by atoms with Crippen LogP contribution in [0.5, 0.6) is 5.75 Å². The number of aromatic hydroxyl groups is 1. The largest absolute Gasteiger partial charge is 0.506 e. The molecule has 0 aliphatic carbocycles. The lowest BCUT2D eigenvalue weighted by molar-refractivity contribution is 0.102. The van der Waals surface area contributed by atoms with Crippen molar-refractivity contribution in [3.63, 3.8) is 0 Å². The van der Waals surface area contributed by atoms with Gasteiger partial charge in [0, 0.05) is 16.9 Å². The van der Waals surface area contributed by atoms with E-state index >= 15 is 0 Å². The standard InChI is InChI=1S/C13H11ClN2O2/c1-8-4-10(14)2-3-12(8)16-13(18)9-5-11(17)7-15-6-9/h2-7,17H,1H3,(H,16,18). The van der Waals surface area contributed by atoms with Crippen molar-refractivity contribution in [3.8, 4) is 5.75 Å². The van der Waals surface area contributed by atoms with E-state index in [4.69, 9.17) is 11.6 Å². The van der Waals surface area contributed by atoms with Crippen LogP contribution >= 0.6 is 11.6 Å². The van der Waals surface area contributed by atoms with Crippen LogP contribution in [0.3, 0.4) is 0 Å². The van der Waals surface area contributed by atoms with Crippen molar-refractivity contribution in [1.29, 1.82) is 0 Å². The normalized spacial score (nSPS) is 10.1. The molecule has 2 aromatic rings. The minimum absolute atomic E-state index is 0.0459. The molecule has 0 atom stereocenters. The first-order valence-electron chi connectivity index (χ1n) is 5.28. The Balaban J connectivity index is 2.21. The molecule has 2 N–H and O–H groups in total. The fraction of sp³-hybridized carbons (Fsp3) is 0.0769. The molecule has 18 heavy (non-hydrogen) atoms. The number of hydrogen-bond donors (Lipinski definition) is 2. The minimum atomic E-state index is -0.330. The van der Waals surface area contributed by atoms with Gasteiger partial charge >= 0.3 is 0 Å². The van der Waals surface area contributed by atoms with Crippen molar-refractivity contribution in [2.45, 2.75) is 6.92 Å². The molecule has 4 nitrogen and oxygen atoms in total. The zero-order chi connectivity index (χ0) is 13.1. The summed E-state index contributed by atoms with van der Waals surface area (Å²) in [5.41, 5.74) is 1.83. The molecule has 2 rings (SSSR count). The summed E-state index contributed by atoms with van der Waals surface area (Å²) >= 11 is 5.84. The first-order chi connectivity index (χ1) is 8.56. The smallest absolute Gasteiger partial charge is 0.257 e. The fourth-order valence-electron chi connectivity index (χ4n) is 1.51. The summed E-state index contributed by atoms with van der Waals surface area (Å²) in [6, 6.07) is 6.54. The first-order valence-corrected chi connectivity index (χ1v) is 5.65. The Kier molecular flexibility index (Phi) is 3.48. The van der Waals surface area contributed by atoms with Gasteiger partial charge in [-0.15, -0.1) is 0 Å². The molecule has 1 aromatic heterocycles. The summed E-state index contributed by atoms with van der Waals surface area (Å²) in [5.74, 6) is -0.376. The highest BCUT2D eigenvalue weighted by Crippen LogP contribution is 2.20. The van der Waals surface area contributed by atoms with E-state index in [2.05, 4.69) is 10.3 Å². The number of rotatable bonds is 2. The number of pyridine rings is 1. The van der Waals surface area contributed by atoms with Gasteiger partial charge in [0.1, 0.15) is 5.75 Å². The molecule has 0 saturated carbocycles. The minimum Gasteiger partial charge on any atom is -0.506 e. The van der Waals surface area contributed by atoms with Crippen LogP contribution in [0, 0.1) is 6.92 Å². The molecular formula is C13H11ClN2O2. The molecule has 0 spiro atoms. The third kappa shape index (κ3) is 2.78. The second kappa shape index (κ2) is 5.06. The lowest BCUT2D eigenvalue weighted by atomic mass is 10.2. The zero-order valence-electron chi connectivity index (χ0n) is 9.64. The highest BCUT2D eigenvalue weighted by Gasteiger charge is 2.08. The summed E-state index contributed by atoms with van der Waals surface area (Å²) < 4.78 is 0. The Morgan fingerprint density at radius 1 is 1.33 bits per heavy atom. The summed E-state index contributed by atoms with van der Waals surface area (Å²) in [6.07, 6.45) is 2.66. The van der Waals surface area contributed by atoms with Crippen LogP contribution in [-0.4, -0.2) is 16.0 Å². The van der Waals surface area contributed by atoms with Gasteiger partial charge in [0.05, 0.1) is 11.8 Å². The number of nitrogens with zero attached hydrogens (tertiary/aromatic N) is 1. The highest BCUT2D eigenvalue weighted by atomic mass is 35.5. The third-order valence-electron chi connectivity index (χ3n) is 2.42. The highest BCUT2D eigenvalue weighted by molar-refractivity contribution is 6.30. The maximum atomic E-state index is 11.9. The molecular weight excluding hydrogens is 252 g/mol. The summed E-state index contributed by atoms with van der Waals surface area (Å²) in [5, 5.41) is 12.6. The fourth-order valence-corrected chi connectivity index (χ4v) is 1.74. The molecule has 0 bridgehead atoms. The van der Waals surface area contributed by atoms with Crippen molar-refractivity contribution in [1.82, 2.24) is 4.98 Å². The molecule has 1 aromatic carbocycles. The van der Waals surface area contributed by atoms with Crippen LogP contribution in [0.15, 0.2) is 36.7 Å². The second-order valence-corrected chi connectivity index (χ2v) is 4.28. The van der Waals surface area contributed by atoms with E-state index in [1.807, 2.05) is 6.92 Å². The SMILES string of the molecule is Cc1cc(Cl)ccc1NC(=O)c1cncc(O)c1. The topological polar surface area (TPSA) is 62.2 Å². The van der Waals surface area contributed by atoms with E-state index in [0.717, 1.165) is 5.56 Å². The molecule has 0 fully saturated rings. The number of amides is 1. The van der Waals surface area contributed by atoms with Gasteiger partial charge in [-0.05, 0) is 36.8 Å². The molecule has 5 heteroatoms. The van der Waals surface area contributed by atoms with Gasteiger partial charge in [0.15, 0.2) is 0 Å². The van der Waals surface area contributed by atoms with Crippen molar-refractivity contribution in [2.75, 3.05) is 5.32 Å². The van der Waals surface area contributed by atoms with Crippen molar-refractivity contribution in [2.24, 2.45) is 0 Å². The number of nitrogens with one attached hydrogen (secondary N) is 1. The van der Waals surface area contributed by atoms with E-state index < -0.39 is 0 Å². The lowest BCUT2D eigenvalue weighted by Gasteiger charge is -2.08. The molecule has 0 aliphatic heterocycles. The van der Waals surface area contributed by atoms with Gasteiger partial charge in [0.25, 0.3) is 5.91 Å². The Bertz CT molecular complexity index is 599. The number of aromatic nitrogens is 1. The van der Waals surface area contributed by atoms with Gasteiger partial charge < -0.3 is 10.4 Å². The molecule has 0 radical (unpaired) electrons. The quantitative estimate of drug-likeness (QED) is 0.875. The predicted molar refractivity (Wildman–Crippen MR) is 70.0 cm³/mol. The molecule has 0 unspecified atom stereocenters. The first kappa shape index (κ1) is 12.4. The Labute approximate surface area is 109 Å². The number of carbonyl (C=O) groups excluding carboxylic acids is 1. The summed E-state index contributed by atoms with van der Waals surface area (Å²) in [7, 11) is 0. The number of halogens is 1. The van der Waals surface area contributed by atoms with Crippen LogP contribution < -0.4 is 5.32 Å². The molecule has 92 valence electrons. The average molecular weight is 263 g/mol. The number of anilines is 1. The Morgan fingerprint density at radius 3 is 2.78 bits per heavy atom. The maximum Gasteiger partial charge on any atom is 0.257 e. The van der Waals surface area contributed by atoms with Crippen molar-refractivity contribution >= 4 is 23.2 Å². The molecule has 0 aliphatic rings. The van der Waals surface area contributed by atoms with Crippen LogP contribution in [0.2, 0.25) is 5.02 Å². The van der Waals surface area contributed by atoms with E-state index in [9.17, 15) is 9.90 Å². The van der Waals surface area contributed by atoms with E-state index in [1.54, 1.807) is 18.2 Å². The van der Waals surface area contributed by atoms with Crippen LogP contribution in [0.25, 0.3) is 0 Å². The van der Waals surface area contributed by atoms with Crippen LogP contribution in [0.4, 0.5) is 5.69 Å². The number of aryl methyl sites for hydroxylation is 1. The number of hydrogen-bond acceptors (Lipinski definition) is 3. The second-order valence-electron chi connectivity index (χ2n) is 3.85. The van der Waals surface area contributed by atoms with E-state index in [1.165, 1.54) is 18.5 Å². The Morgan fingerprint density at radius 2 is 2.11 bits per heavy atom. The van der Waals surface area contributed by atoms with Gasteiger partial charge in [-0.1, -0.05) is 11.6 Å². The maximum absolute atomic E-state index is 11.9. The molecule has 0 saturated heterocycles. The number of carbonyl (C=O) groups is 1. The van der Waals surface area contributed by atoms with Gasteiger partial charge in [0.2, 0.25) is 0 Å². The molecule has 1 heterocycles. The van der Waals surface area contributed by atoms with E-state index in [0.29, 0.717) is 16.3 Å². The zero-order valence-corrected chi connectivity index (χ0v) is 10.4. The van der Waals surface area contributed by atoms with Crippen molar-refractivity contribution < 1.29 is 9.90 Å². The monoisotopic (exact) mass is 262 g/mol. The third-order valence-corrected chi connectivity index (χ3v) is 2.66.